The van der Waals surface area contributed by atoms with E-state index in [1.54, 1.807) is 0 Å². The van der Waals surface area contributed by atoms with E-state index >= 15 is 0 Å². The topological polar surface area (TPSA) is 33.5 Å². The lowest BCUT2D eigenvalue weighted by molar-refractivity contribution is -0.126. The smallest absolute Gasteiger partial charge is 0.308 e. The molecule has 0 aromatic carbocycles. The monoisotopic (exact) mass is 248 g/mol. The summed E-state index contributed by atoms with van der Waals surface area (Å²) in [5, 5.41) is 3.17. The third kappa shape index (κ3) is 3.04. The maximum atomic E-state index is 12.4. The minimum absolute atomic E-state index is 0.0177. The van der Waals surface area contributed by atoms with Crippen molar-refractivity contribution in [1.82, 2.24) is 5.32 Å². The van der Waals surface area contributed by atoms with Crippen molar-refractivity contribution in [2.75, 3.05) is 0 Å². The SMILES string of the molecule is [C-]#[N+]C1(C(=O)NC2CCCCCC2)CCCCC1. The van der Waals surface area contributed by atoms with E-state index in [0.29, 0.717) is 6.04 Å². The van der Waals surface area contributed by atoms with Crippen LogP contribution >= 0.6 is 0 Å². The summed E-state index contributed by atoms with van der Waals surface area (Å²) in [4.78, 5) is 16.1. The molecule has 0 aromatic rings. The number of nitrogens with one attached hydrogen (secondary N) is 1. The van der Waals surface area contributed by atoms with Crippen molar-refractivity contribution in [3.63, 3.8) is 0 Å². The van der Waals surface area contributed by atoms with Crippen LogP contribution in [-0.2, 0) is 4.79 Å². The van der Waals surface area contributed by atoms with E-state index in [1.807, 2.05) is 0 Å². The first-order valence-electron chi connectivity index (χ1n) is 7.46. The van der Waals surface area contributed by atoms with Crippen LogP contribution in [0, 0.1) is 6.57 Å². The number of hydrogen-bond donors (Lipinski definition) is 1. The maximum absolute atomic E-state index is 12.4. The molecule has 18 heavy (non-hydrogen) atoms. The van der Waals surface area contributed by atoms with Crippen molar-refractivity contribution < 1.29 is 4.79 Å². The molecule has 3 nitrogen and oxygen atoms in total. The molecular formula is C15H24N2O. The first kappa shape index (κ1) is 13.4. The molecule has 2 aliphatic rings. The highest BCUT2D eigenvalue weighted by Crippen LogP contribution is 2.32. The second-order valence-corrected chi connectivity index (χ2v) is 5.87. The second-order valence-electron chi connectivity index (χ2n) is 5.87. The van der Waals surface area contributed by atoms with Gasteiger partial charge >= 0.3 is 11.4 Å². The Hall–Kier alpha value is -1.04. The van der Waals surface area contributed by atoms with Crippen LogP contribution in [0.15, 0.2) is 0 Å². The summed E-state index contributed by atoms with van der Waals surface area (Å²) in [6.07, 6.45) is 12.0. The van der Waals surface area contributed by atoms with E-state index in [-0.39, 0.29) is 5.91 Å². The third-order valence-electron chi connectivity index (χ3n) is 4.51. The number of nitrogens with zero attached hydrogens (tertiary/aromatic N) is 1. The minimum atomic E-state index is -0.732. The molecule has 0 aromatic heterocycles. The van der Waals surface area contributed by atoms with Crippen LogP contribution < -0.4 is 5.32 Å². The van der Waals surface area contributed by atoms with Gasteiger partial charge in [0.25, 0.3) is 0 Å². The van der Waals surface area contributed by atoms with E-state index in [0.717, 1.165) is 38.5 Å². The van der Waals surface area contributed by atoms with Crippen LogP contribution in [0.1, 0.15) is 70.6 Å². The van der Waals surface area contributed by atoms with Gasteiger partial charge in [0.1, 0.15) is 0 Å². The molecule has 2 saturated carbocycles. The van der Waals surface area contributed by atoms with Gasteiger partial charge in [0.15, 0.2) is 0 Å². The lowest BCUT2D eigenvalue weighted by Gasteiger charge is -2.27. The summed E-state index contributed by atoms with van der Waals surface area (Å²) < 4.78 is 0. The van der Waals surface area contributed by atoms with Gasteiger partial charge in [-0.05, 0) is 25.7 Å². The average Bonchev–Trinajstić information content (AvgIpc) is 2.68. The summed E-state index contributed by atoms with van der Waals surface area (Å²) in [5.41, 5.74) is -0.732. The van der Waals surface area contributed by atoms with Crippen LogP contribution in [0.4, 0.5) is 0 Å². The molecule has 2 rings (SSSR count). The Morgan fingerprint density at radius 1 is 1.00 bits per heavy atom. The van der Waals surface area contributed by atoms with Crippen molar-refractivity contribution in [1.29, 1.82) is 0 Å². The van der Waals surface area contributed by atoms with E-state index in [2.05, 4.69) is 10.2 Å². The van der Waals surface area contributed by atoms with Gasteiger partial charge in [-0.15, -0.1) is 0 Å². The van der Waals surface area contributed by atoms with Crippen LogP contribution in [0.25, 0.3) is 4.85 Å². The molecule has 2 fully saturated rings. The van der Waals surface area contributed by atoms with Gasteiger partial charge in [-0.2, -0.15) is 0 Å². The Morgan fingerprint density at radius 2 is 1.56 bits per heavy atom. The molecule has 1 N–H and O–H groups in total. The van der Waals surface area contributed by atoms with Gasteiger partial charge in [0, 0.05) is 18.9 Å². The van der Waals surface area contributed by atoms with E-state index in [4.69, 9.17) is 6.57 Å². The number of carbonyl (C=O) groups is 1. The van der Waals surface area contributed by atoms with Crippen molar-refractivity contribution >= 4 is 5.91 Å². The molecule has 2 aliphatic carbocycles. The minimum Gasteiger partial charge on any atom is -0.346 e. The Bertz CT molecular complexity index is 318. The first-order chi connectivity index (χ1) is 8.77. The number of carbonyl (C=O) groups excluding carboxylic acids is 1. The Balaban J connectivity index is 1.94. The van der Waals surface area contributed by atoms with Crippen molar-refractivity contribution in [3.8, 4) is 0 Å². The lowest BCUT2D eigenvalue weighted by atomic mass is 9.81. The Morgan fingerprint density at radius 3 is 2.11 bits per heavy atom. The molecule has 100 valence electrons. The zero-order valence-electron chi connectivity index (χ0n) is 11.2. The first-order valence-corrected chi connectivity index (χ1v) is 7.46. The maximum Gasteiger partial charge on any atom is 0.308 e. The normalized spacial score (nSPS) is 24.8. The predicted molar refractivity (Wildman–Crippen MR) is 72.1 cm³/mol. The Labute approximate surface area is 110 Å². The molecule has 1 amide bonds. The highest BCUT2D eigenvalue weighted by atomic mass is 16.2. The summed E-state index contributed by atoms with van der Waals surface area (Å²) in [6, 6.07) is 0.320. The number of hydrogen-bond acceptors (Lipinski definition) is 1. The van der Waals surface area contributed by atoms with Gasteiger partial charge in [-0.3, -0.25) is 9.64 Å². The highest BCUT2D eigenvalue weighted by Gasteiger charge is 2.46. The van der Waals surface area contributed by atoms with Gasteiger partial charge in [0.2, 0.25) is 0 Å². The summed E-state index contributed by atoms with van der Waals surface area (Å²) in [5.74, 6) is 0.0177. The lowest BCUT2D eigenvalue weighted by Crippen LogP contribution is -2.49. The van der Waals surface area contributed by atoms with Crippen LogP contribution in [-0.4, -0.2) is 17.5 Å². The fourth-order valence-electron chi connectivity index (χ4n) is 3.27. The van der Waals surface area contributed by atoms with Crippen LogP contribution in [0.5, 0.6) is 0 Å². The largest absolute Gasteiger partial charge is 0.346 e. The van der Waals surface area contributed by atoms with E-state index in [1.165, 1.54) is 32.1 Å². The summed E-state index contributed by atoms with van der Waals surface area (Å²) in [6.45, 7) is 7.40. The average molecular weight is 248 g/mol. The molecule has 0 bridgehead atoms. The predicted octanol–water partition coefficient (Wildman–Crippen LogP) is 3.45. The fraction of sp³-hybridized carbons (Fsp3) is 0.867. The van der Waals surface area contributed by atoms with E-state index < -0.39 is 5.54 Å². The van der Waals surface area contributed by atoms with Gasteiger partial charge in [-0.1, -0.05) is 32.1 Å². The molecule has 0 saturated heterocycles. The number of amides is 1. The van der Waals surface area contributed by atoms with Crippen molar-refractivity contribution in [2.45, 2.75) is 82.2 Å². The zero-order valence-corrected chi connectivity index (χ0v) is 11.2. The zero-order chi connectivity index (χ0) is 12.8. The molecule has 0 atom stereocenters. The molecule has 0 spiro atoms. The summed E-state index contributed by atoms with van der Waals surface area (Å²) >= 11 is 0. The molecular weight excluding hydrogens is 224 g/mol. The molecule has 0 heterocycles. The molecule has 3 heteroatoms. The quantitative estimate of drug-likeness (QED) is 0.589. The van der Waals surface area contributed by atoms with Gasteiger partial charge in [0.05, 0.1) is 0 Å². The standard InChI is InChI=1S/C15H24N2O/c1-16-15(11-7-4-8-12-15)14(18)17-13-9-5-2-3-6-10-13/h13H,2-12H2,(H,17,18). The molecule has 0 unspecified atom stereocenters. The second kappa shape index (κ2) is 6.22. The van der Waals surface area contributed by atoms with Crippen molar-refractivity contribution in [3.05, 3.63) is 11.4 Å². The van der Waals surface area contributed by atoms with Crippen LogP contribution in [0.2, 0.25) is 0 Å². The van der Waals surface area contributed by atoms with Gasteiger partial charge in [-0.25, -0.2) is 6.57 Å². The van der Waals surface area contributed by atoms with Gasteiger partial charge < -0.3 is 5.32 Å². The van der Waals surface area contributed by atoms with Crippen molar-refractivity contribution in [2.24, 2.45) is 0 Å². The third-order valence-corrected chi connectivity index (χ3v) is 4.51. The number of rotatable bonds is 2. The van der Waals surface area contributed by atoms with E-state index in [9.17, 15) is 4.79 Å². The van der Waals surface area contributed by atoms with Crippen LogP contribution in [0.3, 0.4) is 0 Å². The summed E-state index contributed by atoms with van der Waals surface area (Å²) in [7, 11) is 0. The molecule has 0 radical (unpaired) electrons. The Kier molecular flexibility index (Phi) is 4.63. The highest BCUT2D eigenvalue weighted by molar-refractivity contribution is 5.88. The molecule has 0 aliphatic heterocycles. The fourth-order valence-corrected chi connectivity index (χ4v) is 3.27.